The van der Waals surface area contributed by atoms with Crippen molar-refractivity contribution in [3.63, 3.8) is 0 Å². The van der Waals surface area contributed by atoms with Crippen molar-refractivity contribution < 1.29 is 14.3 Å². The van der Waals surface area contributed by atoms with Crippen LogP contribution in [0.25, 0.3) is 0 Å². The van der Waals surface area contributed by atoms with Crippen molar-refractivity contribution in [1.82, 2.24) is 0 Å². The Kier molecular flexibility index (Phi) is 8.12. The number of carbonyl (C=O) groups is 2. The summed E-state index contributed by atoms with van der Waals surface area (Å²) >= 11 is 8.81. The molecule has 0 heterocycles. The number of hydrogen-bond acceptors (Lipinski definition) is 3. The average molecular weight is 751 g/mol. The largest absolute Gasteiger partial charge is 0.411 e. The van der Waals surface area contributed by atoms with E-state index in [4.69, 9.17) is 4.74 Å². The molecule has 0 saturated carbocycles. The van der Waals surface area contributed by atoms with Crippen LogP contribution in [-0.4, -0.2) is 26.3 Å². The standard InChI is InChI=1S/C14H6B2I4O3/c17-9-3-1-7(5-11(9)19)15-13(21)23-14(22)16-8-2-4-10(18)12(20)6-8/h1-6H. The first-order valence-corrected chi connectivity index (χ1v) is 10.5. The Balaban J connectivity index is 1.92. The molecule has 2 radical (unpaired) electrons. The van der Waals surface area contributed by atoms with Crippen LogP contribution < -0.4 is 10.9 Å². The molecule has 2 aromatic rings. The number of hydrogen-bond donors (Lipinski definition) is 0. The summed E-state index contributed by atoms with van der Waals surface area (Å²) in [6, 6.07) is 11.1. The molecule has 23 heavy (non-hydrogen) atoms. The van der Waals surface area contributed by atoms with E-state index >= 15 is 0 Å². The van der Waals surface area contributed by atoms with E-state index in [0.717, 1.165) is 14.3 Å². The summed E-state index contributed by atoms with van der Waals surface area (Å²) in [5.74, 6) is -1.35. The highest BCUT2D eigenvalue weighted by atomic mass is 127. The summed E-state index contributed by atoms with van der Waals surface area (Å²) in [4.78, 5) is 23.6. The van der Waals surface area contributed by atoms with Gasteiger partial charge in [-0.1, -0.05) is 35.2 Å². The summed E-state index contributed by atoms with van der Waals surface area (Å²) in [6.07, 6.45) is 0. The number of halogens is 4. The minimum atomic E-state index is -0.677. The van der Waals surface area contributed by atoms with Gasteiger partial charge in [0.25, 0.3) is 26.3 Å². The third-order valence-corrected chi connectivity index (χ3v) is 8.39. The van der Waals surface area contributed by atoms with E-state index in [0.29, 0.717) is 10.9 Å². The van der Waals surface area contributed by atoms with Gasteiger partial charge in [0.05, 0.1) is 0 Å². The third-order valence-electron chi connectivity index (χ3n) is 2.66. The van der Waals surface area contributed by atoms with Gasteiger partial charge in [-0.2, -0.15) is 0 Å². The van der Waals surface area contributed by atoms with Gasteiger partial charge in [0.15, 0.2) is 0 Å². The molecule has 114 valence electrons. The van der Waals surface area contributed by atoms with Gasteiger partial charge in [-0.15, -0.1) is 0 Å². The summed E-state index contributed by atoms with van der Waals surface area (Å²) in [5.41, 5.74) is 1.41. The van der Waals surface area contributed by atoms with E-state index in [9.17, 15) is 9.59 Å². The van der Waals surface area contributed by atoms with Crippen LogP contribution in [0.3, 0.4) is 0 Å². The molecule has 0 saturated heterocycles. The second-order valence-corrected chi connectivity index (χ2v) is 9.02. The molecule has 0 unspecified atom stereocenters. The van der Waals surface area contributed by atoms with Crippen molar-refractivity contribution in [2.45, 2.75) is 0 Å². The molecule has 0 spiro atoms. The molecule has 0 aromatic heterocycles. The van der Waals surface area contributed by atoms with E-state index < -0.39 is 11.7 Å². The predicted molar refractivity (Wildman–Crippen MR) is 126 cm³/mol. The maximum absolute atomic E-state index is 11.8. The zero-order valence-corrected chi connectivity index (χ0v) is 20.0. The quantitative estimate of drug-likeness (QED) is 0.272. The Labute approximate surface area is 190 Å². The van der Waals surface area contributed by atoms with Crippen molar-refractivity contribution in [2.24, 2.45) is 0 Å². The maximum atomic E-state index is 11.8. The minimum absolute atomic E-state index is 0.677. The van der Waals surface area contributed by atoms with Crippen LogP contribution in [0.2, 0.25) is 0 Å². The second-order valence-electron chi connectivity index (χ2n) is 4.38. The molecule has 0 amide bonds. The molecule has 3 nitrogen and oxygen atoms in total. The topological polar surface area (TPSA) is 43.4 Å². The molecule has 0 fully saturated rings. The zero-order chi connectivity index (χ0) is 17.0. The van der Waals surface area contributed by atoms with Gasteiger partial charge in [0, 0.05) is 14.3 Å². The molecule has 0 bridgehead atoms. The fourth-order valence-electron chi connectivity index (χ4n) is 1.63. The number of rotatable bonds is 4. The second kappa shape index (κ2) is 9.36. The van der Waals surface area contributed by atoms with Crippen LogP contribution in [0, 0.1) is 14.3 Å². The number of benzene rings is 2. The molecule has 2 aromatic carbocycles. The van der Waals surface area contributed by atoms with Crippen LogP contribution in [-0.2, 0) is 4.74 Å². The normalized spacial score (nSPS) is 10.1. The van der Waals surface area contributed by atoms with Crippen molar-refractivity contribution >= 4 is 128 Å². The maximum Gasteiger partial charge on any atom is 0.300 e. The van der Waals surface area contributed by atoms with Crippen molar-refractivity contribution in [3.8, 4) is 0 Å². The lowest BCUT2D eigenvalue weighted by atomic mass is 9.69. The first-order valence-electron chi connectivity index (χ1n) is 6.20. The molecule has 0 aliphatic heterocycles. The molecule has 0 atom stereocenters. The van der Waals surface area contributed by atoms with Gasteiger partial charge >= 0.3 is 0 Å². The first kappa shape index (κ1) is 19.9. The summed E-state index contributed by atoms with van der Waals surface area (Å²) < 4.78 is 9.08. The lowest BCUT2D eigenvalue weighted by Crippen LogP contribution is -2.31. The highest BCUT2D eigenvalue weighted by molar-refractivity contribution is 14.1. The van der Waals surface area contributed by atoms with Gasteiger partial charge in [0.2, 0.25) is 0 Å². The zero-order valence-electron chi connectivity index (χ0n) is 11.4. The van der Waals surface area contributed by atoms with E-state index in [1.807, 2.05) is 24.3 Å². The molecule has 0 N–H and O–H groups in total. The molecular formula is C14H6B2I4O3. The lowest BCUT2D eigenvalue weighted by molar-refractivity contribution is 0.184. The van der Waals surface area contributed by atoms with Crippen molar-refractivity contribution in [2.75, 3.05) is 0 Å². The molecule has 0 aliphatic carbocycles. The Morgan fingerprint density at radius 2 is 1.09 bits per heavy atom. The average Bonchev–Trinajstić information content (AvgIpc) is 2.46. The molecule has 2 rings (SSSR count). The van der Waals surface area contributed by atoms with Crippen LogP contribution in [0.4, 0.5) is 9.59 Å². The predicted octanol–water partition coefficient (Wildman–Crippen LogP) is 3.72. The van der Waals surface area contributed by atoms with Crippen LogP contribution >= 0.6 is 90.4 Å². The highest BCUT2D eigenvalue weighted by Gasteiger charge is 2.16. The van der Waals surface area contributed by atoms with Crippen LogP contribution in [0.1, 0.15) is 0 Å². The smallest absolute Gasteiger partial charge is 0.300 e. The van der Waals surface area contributed by atoms with Crippen molar-refractivity contribution in [1.29, 1.82) is 0 Å². The third kappa shape index (κ3) is 6.45. The van der Waals surface area contributed by atoms with Crippen LogP contribution in [0.5, 0.6) is 0 Å². The Hall–Kier alpha value is 0.630. The van der Waals surface area contributed by atoms with E-state index in [2.05, 4.69) is 90.4 Å². The SMILES string of the molecule is O=C([B]c1ccc(I)c(I)c1)OC(=O)[B]c1ccc(I)c(I)c1. The Bertz CT molecular complexity index is 704. The van der Waals surface area contributed by atoms with Crippen molar-refractivity contribution in [3.05, 3.63) is 50.7 Å². The molecule has 0 aliphatic rings. The fourth-order valence-corrected chi connectivity index (χ4v) is 3.38. The summed E-state index contributed by atoms with van der Waals surface area (Å²) in [6.45, 7) is 0. The fraction of sp³-hybridized carbons (Fsp3) is 0. The van der Waals surface area contributed by atoms with Gasteiger partial charge in [0.1, 0.15) is 0 Å². The monoisotopic (exact) mass is 752 g/mol. The number of ether oxygens (including phenoxy) is 1. The van der Waals surface area contributed by atoms with Gasteiger partial charge < -0.3 is 4.74 Å². The summed E-state index contributed by atoms with van der Waals surface area (Å²) in [5, 5.41) is 0. The molecule has 9 heteroatoms. The van der Waals surface area contributed by atoms with Gasteiger partial charge in [-0.3, -0.25) is 9.59 Å². The lowest BCUT2D eigenvalue weighted by Gasteiger charge is -2.05. The first-order chi connectivity index (χ1) is 10.8. The summed E-state index contributed by atoms with van der Waals surface area (Å²) in [7, 11) is 2.61. The van der Waals surface area contributed by atoms with Gasteiger partial charge in [-0.25, -0.2) is 0 Å². The van der Waals surface area contributed by atoms with Crippen LogP contribution in [0.15, 0.2) is 36.4 Å². The Morgan fingerprint density at radius 1 is 0.696 bits per heavy atom. The molecular weight excluding hydrogens is 745 g/mol. The minimum Gasteiger partial charge on any atom is -0.411 e. The van der Waals surface area contributed by atoms with Gasteiger partial charge in [-0.05, 0) is 102 Å². The van der Waals surface area contributed by atoms with E-state index in [1.165, 1.54) is 14.6 Å². The number of carbonyl (C=O) groups excluding carboxylic acids is 2. The van der Waals surface area contributed by atoms with E-state index in [-0.39, 0.29) is 0 Å². The Morgan fingerprint density at radius 3 is 1.43 bits per heavy atom. The highest BCUT2D eigenvalue weighted by Crippen LogP contribution is 2.13. The van der Waals surface area contributed by atoms with E-state index in [1.54, 1.807) is 12.1 Å².